The van der Waals surface area contributed by atoms with Crippen molar-refractivity contribution in [3.8, 4) is 5.75 Å². The first-order valence-electron chi connectivity index (χ1n) is 6.70. The molecule has 2 rings (SSSR count). The molecule has 0 aliphatic carbocycles. The molecule has 0 saturated carbocycles. The van der Waals surface area contributed by atoms with E-state index in [-0.39, 0.29) is 5.91 Å². The number of amides is 1. The third kappa shape index (κ3) is 4.70. The number of rotatable bonds is 7. The van der Waals surface area contributed by atoms with Gasteiger partial charge in [0.05, 0.1) is 7.11 Å². The Morgan fingerprint density at radius 3 is 2.65 bits per heavy atom. The van der Waals surface area contributed by atoms with E-state index in [1.807, 2.05) is 35.7 Å². The van der Waals surface area contributed by atoms with Crippen LogP contribution in [-0.4, -0.2) is 19.6 Å². The van der Waals surface area contributed by atoms with Crippen LogP contribution in [0.1, 0.15) is 16.9 Å². The quantitative estimate of drug-likeness (QED) is 0.851. The fourth-order valence-electron chi connectivity index (χ4n) is 1.92. The Bertz CT molecular complexity index is 520. The second kappa shape index (κ2) is 7.70. The van der Waals surface area contributed by atoms with Crippen molar-refractivity contribution in [1.29, 1.82) is 0 Å². The van der Waals surface area contributed by atoms with Crippen LogP contribution < -0.4 is 10.1 Å². The first-order chi connectivity index (χ1) is 9.78. The normalized spacial score (nSPS) is 10.2. The molecule has 1 amide bonds. The molecular formula is C16H19NO2S. The maximum Gasteiger partial charge on any atom is 0.220 e. The molecule has 0 spiro atoms. The highest BCUT2D eigenvalue weighted by Gasteiger charge is 2.02. The molecule has 0 atom stereocenters. The third-order valence-corrected chi connectivity index (χ3v) is 4.01. The van der Waals surface area contributed by atoms with E-state index in [1.54, 1.807) is 18.4 Å². The van der Waals surface area contributed by atoms with Crippen molar-refractivity contribution in [3.63, 3.8) is 0 Å². The summed E-state index contributed by atoms with van der Waals surface area (Å²) >= 11 is 1.70. The average molecular weight is 289 g/mol. The molecule has 0 bridgehead atoms. The van der Waals surface area contributed by atoms with Gasteiger partial charge in [-0.3, -0.25) is 4.79 Å². The minimum atomic E-state index is 0.118. The zero-order chi connectivity index (χ0) is 14.2. The minimum absolute atomic E-state index is 0.118. The SMILES string of the molecule is COc1ccc(CCNC(=O)CCc2cccs2)cc1. The van der Waals surface area contributed by atoms with Gasteiger partial charge in [-0.05, 0) is 42.0 Å². The highest BCUT2D eigenvalue weighted by atomic mass is 32.1. The maximum absolute atomic E-state index is 11.7. The van der Waals surface area contributed by atoms with Gasteiger partial charge < -0.3 is 10.1 Å². The van der Waals surface area contributed by atoms with Gasteiger partial charge in [0.1, 0.15) is 5.75 Å². The van der Waals surface area contributed by atoms with E-state index in [2.05, 4.69) is 11.4 Å². The standard InChI is InChI=1S/C16H19NO2S/c1-19-14-6-4-13(5-7-14)10-11-17-16(18)9-8-15-3-2-12-20-15/h2-7,12H,8-11H2,1H3,(H,17,18). The molecule has 0 radical (unpaired) electrons. The number of hydrogen-bond donors (Lipinski definition) is 1. The summed E-state index contributed by atoms with van der Waals surface area (Å²) in [5, 5.41) is 5.00. The van der Waals surface area contributed by atoms with Gasteiger partial charge in [0.15, 0.2) is 0 Å². The molecule has 0 aliphatic heterocycles. The van der Waals surface area contributed by atoms with Gasteiger partial charge in [-0.1, -0.05) is 18.2 Å². The molecule has 0 fully saturated rings. The Labute approximate surface area is 123 Å². The van der Waals surface area contributed by atoms with Crippen LogP contribution in [-0.2, 0) is 17.6 Å². The predicted octanol–water partition coefficient (Wildman–Crippen LogP) is 3.05. The lowest BCUT2D eigenvalue weighted by Crippen LogP contribution is -2.25. The van der Waals surface area contributed by atoms with Crippen LogP contribution in [0.3, 0.4) is 0 Å². The molecule has 1 aromatic heterocycles. The summed E-state index contributed by atoms with van der Waals surface area (Å²) in [6.45, 7) is 0.676. The number of carbonyl (C=O) groups excluding carboxylic acids is 1. The molecule has 0 saturated heterocycles. The van der Waals surface area contributed by atoms with Crippen molar-refractivity contribution in [3.05, 3.63) is 52.2 Å². The van der Waals surface area contributed by atoms with Crippen molar-refractivity contribution < 1.29 is 9.53 Å². The first kappa shape index (κ1) is 14.6. The molecule has 20 heavy (non-hydrogen) atoms. The zero-order valence-electron chi connectivity index (χ0n) is 11.6. The van der Waals surface area contributed by atoms with Crippen molar-refractivity contribution in [2.24, 2.45) is 0 Å². The summed E-state index contributed by atoms with van der Waals surface area (Å²) in [6, 6.07) is 12.0. The number of thiophene rings is 1. The summed E-state index contributed by atoms with van der Waals surface area (Å²) in [4.78, 5) is 13.0. The molecule has 1 heterocycles. The van der Waals surface area contributed by atoms with Crippen molar-refractivity contribution >= 4 is 17.2 Å². The number of benzene rings is 1. The van der Waals surface area contributed by atoms with Gasteiger partial charge in [0.25, 0.3) is 0 Å². The fourth-order valence-corrected chi connectivity index (χ4v) is 2.63. The van der Waals surface area contributed by atoms with E-state index in [4.69, 9.17) is 4.74 Å². The second-order valence-corrected chi connectivity index (χ2v) is 5.56. The Hall–Kier alpha value is -1.81. The summed E-state index contributed by atoms with van der Waals surface area (Å²) in [6.07, 6.45) is 2.23. The van der Waals surface area contributed by atoms with Gasteiger partial charge in [-0.15, -0.1) is 11.3 Å². The zero-order valence-corrected chi connectivity index (χ0v) is 12.4. The van der Waals surface area contributed by atoms with Gasteiger partial charge in [0.2, 0.25) is 5.91 Å². The average Bonchev–Trinajstić information content (AvgIpc) is 2.99. The number of aryl methyl sites for hydroxylation is 1. The summed E-state index contributed by atoms with van der Waals surface area (Å²) < 4.78 is 5.11. The van der Waals surface area contributed by atoms with Crippen LogP contribution in [0.4, 0.5) is 0 Å². The van der Waals surface area contributed by atoms with E-state index < -0.39 is 0 Å². The molecule has 1 N–H and O–H groups in total. The van der Waals surface area contributed by atoms with Gasteiger partial charge >= 0.3 is 0 Å². The maximum atomic E-state index is 11.7. The minimum Gasteiger partial charge on any atom is -0.497 e. The van der Waals surface area contributed by atoms with Crippen molar-refractivity contribution in [2.75, 3.05) is 13.7 Å². The van der Waals surface area contributed by atoms with Crippen LogP contribution in [0.2, 0.25) is 0 Å². The van der Waals surface area contributed by atoms with Crippen LogP contribution in [0, 0.1) is 0 Å². The fraction of sp³-hybridized carbons (Fsp3) is 0.312. The summed E-state index contributed by atoms with van der Waals surface area (Å²) in [5.41, 5.74) is 1.20. The lowest BCUT2D eigenvalue weighted by atomic mass is 10.1. The first-order valence-corrected chi connectivity index (χ1v) is 7.58. The number of carbonyl (C=O) groups is 1. The van der Waals surface area contributed by atoms with Crippen LogP contribution >= 0.6 is 11.3 Å². The van der Waals surface area contributed by atoms with Gasteiger partial charge in [0, 0.05) is 17.8 Å². The van der Waals surface area contributed by atoms with E-state index in [1.165, 1.54) is 10.4 Å². The van der Waals surface area contributed by atoms with Gasteiger partial charge in [-0.25, -0.2) is 0 Å². The van der Waals surface area contributed by atoms with Gasteiger partial charge in [-0.2, -0.15) is 0 Å². The Balaban J connectivity index is 1.65. The smallest absolute Gasteiger partial charge is 0.220 e. The highest BCUT2D eigenvalue weighted by molar-refractivity contribution is 7.09. The number of nitrogens with one attached hydrogen (secondary N) is 1. The van der Waals surface area contributed by atoms with E-state index in [9.17, 15) is 4.79 Å². The molecule has 4 heteroatoms. The van der Waals surface area contributed by atoms with E-state index in [0.717, 1.165) is 18.6 Å². The predicted molar refractivity (Wildman–Crippen MR) is 82.3 cm³/mol. The monoisotopic (exact) mass is 289 g/mol. The third-order valence-electron chi connectivity index (χ3n) is 3.07. The Morgan fingerprint density at radius 1 is 1.20 bits per heavy atom. The van der Waals surface area contributed by atoms with Crippen LogP contribution in [0.5, 0.6) is 5.75 Å². The Kier molecular flexibility index (Phi) is 5.62. The lowest BCUT2D eigenvalue weighted by molar-refractivity contribution is -0.121. The molecule has 3 nitrogen and oxygen atoms in total. The summed E-state index contributed by atoms with van der Waals surface area (Å²) in [5.74, 6) is 0.973. The van der Waals surface area contributed by atoms with E-state index in [0.29, 0.717) is 13.0 Å². The Morgan fingerprint density at radius 2 is 2.00 bits per heavy atom. The molecule has 2 aromatic rings. The molecule has 1 aromatic carbocycles. The van der Waals surface area contributed by atoms with Crippen molar-refractivity contribution in [1.82, 2.24) is 5.32 Å². The molecular weight excluding hydrogens is 270 g/mol. The van der Waals surface area contributed by atoms with Crippen LogP contribution in [0.15, 0.2) is 41.8 Å². The second-order valence-electron chi connectivity index (χ2n) is 4.53. The number of hydrogen-bond acceptors (Lipinski definition) is 3. The molecule has 0 unspecified atom stereocenters. The number of methoxy groups -OCH3 is 1. The summed E-state index contributed by atoms with van der Waals surface area (Å²) in [7, 11) is 1.66. The topological polar surface area (TPSA) is 38.3 Å². The lowest BCUT2D eigenvalue weighted by Gasteiger charge is -2.06. The molecule has 0 aliphatic rings. The van der Waals surface area contributed by atoms with Crippen molar-refractivity contribution in [2.45, 2.75) is 19.3 Å². The molecule has 106 valence electrons. The number of ether oxygens (including phenoxy) is 1. The van der Waals surface area contributed by atoms with E-state index >= 15 is 0 Å². The largest absolute Gasteiger partial charge is 0.497 e. The van der Waals surface area contributed by atoms with Crippen LogP contribution in [0.25, 0.3) is 0 Å². The highest BCUT2D eigenvalue weighted by Crippen LogP contribution is 2.12.